The summed E-state index contributed by atoms with van der Waals surface area (Å²) >= 11 is 0. The van der Waals surface area contributed by atoms with Crippen molar-refractivity contribution in [3.63, 3.8) is 0 Å². The van der Waals surface area contributed by atoms with E-state index in [2.05, 4.69) is 25.2 Å². The molecule has 3 N–H and O–H groups in total. The Morgan fingerprint density at radius 3 is 2.62 bits per heavy atom. The van der Waals surface area contributed by atoms with Gasteiger partial charge >= 0.3 is 0 Å². The number of fused-ring (bicyclic) bond motifs is 1. The molecule has 1 aliphatic heterocycles. The van der Waals surface area contributed by atoms with Crippen molar-refractivity contribution in [2.75, 3.05) is 24.1 Å². The number of likely N-dealkylation sites (tertiary alicyclic amines) is 1. The van der Waals surface area contributed by atoms with Gasteiger partial charge in [-0.25, -0.2) is 13.8 Å². The number of hydrogen-bond acceptors (Lipinski definition) is 7. The van der Waals surface area contributed by atoms with Crippen LogP contribution in [0.2, 0.25) is 0 Å². The van der Waals surface area contributed by atoms with E-state index in [1.54, 1.807) is 12.1 Å². The number of nitrogen functional groups attached to an aromatic ring is 1. The molecule has 2 aromatic heterocycles. The fraction of sp³-hybridized carbons (Fsp3) is 0.391. The topological polar surface area (TPSA) is 104 Å². The van der Waals surface area contributed by atoms with E-state index in [4.69, 9.17) is 11.0 Å². The van der Waals surface area contributed by atoms with Crippen LogP contribution in [-0.4, -0.2) is 39.0 Å². The lowest BCUT2D eigenvalue weighted by molar-refractivity contribution is 0.146. The number of nitrogens with one attached hydrogen (secondary N) is 1. The van der Waals surface area contributed by atoms with Crippen molar-refractivity contribution >= 4 is 22.8 Å². The molecule has 0 amide bonds. The lowest BCUT2D eigenvalue weighted by atomic mass is 10.0. The van der Waals surface area contributed by atoms with Gasteiger partial charge in [0.25, 0.3) is 6.43 Å². The van der Waals surface area contributed by atoms with Crippen molar-refractivity contribution in [2.45, 2.75) is 45.7 Å². The monoisotopic (exact) mass is 437 g/mol. The number of benzene rings is 1. The highest BCUT2D eigenvalue weighted by Gasteiger charge is 2.23. The summed E-state index contributed by atoms with van der Waals surface area (Å²) < 4.78 is 26.9. The number of rotatable bonds is 5. The number of anilines is 2. The average molecular weight is 437 g/mol. The van der Waals surface area contributed by atoms with Gasteiger partial charge in [0.15, 0.2) is 5.65 Å². The molecule has 3 heterocycles. The van der Waals surface area contributed by atoms with Crippen molar-refractivity contribution in [3.05, 3.63) is 52.2 Å². The van der Waals surface area contributed by atoms with Crippen LogP contribution in [0.4, 0.5) is 20.5 Å². The minimum atomic E-state index is -2.60. The summed E-state index contributed by atoms with van der Waals surface area (Å²) in [7, 11) is 0. The van der Waals surface area contributed by atoms with Crippen molar-refractivity contribution in [2.24, 2.45) is 0 Å². The largest absolute Gasteiger partial charge is 0.383 e. The Bertz CT molecular complexity index is 1180. The number of aromatic nitrogens is 3. The van der Waals surface area contributed by atoms with Crippen LogP contribution in [0.3, 0.4) is 0 Å². The Labute approximate surface area is 185 Å². The molecule has 32 heavy (non-hydrogen) atoms. The molecule has 1 saturated heterocycles. The summed E-state index contributed by atoms with van der Waals surface area (Å²) in [5.74, 6) is 0.860. The van der Waals surface area contributed by atoms with E-state index >= 15 is 0 Å². The van der Waals surface area contributed by atoms with Gasteiger partial charge in [0.1, 0.15) is 5.82 Å². The van der Waals surface area contributed by atoms with E-state index in [1.165, 1.54) is 6.07 Å². The second-order valence-corrected chi connectivity index (χ2v) is 8.23. The first-order chi connectivity index (χ1) is 15.3. The van der Waals surface area contributed by atoms with E-state index in [0.717, 1.165) is 42.6 Å². The third kappa shape index (κ3) is 4.60. The summed E-state index contributed by atoms with van der Waals surface area (Å²) in [5.41, 5.74) is 9.36. The fourth-order valence-electron chi connectivity index (χ4n) is 4.24. The van der Waals surface area contributed by atoms with E-state index in [0.29, 0.717) is 29.5 Å². The standard InChI is InChI=1S/C23H25F2N7/c1-13-9-14(2)28-22-19(13)21(27)30-23(31-22)29-17-5-7-32(8-6-17)12-16-4-3-15(11-26)10-18(16)20(24)25/h3-4,9-10,17,20H,5-8,12H2,1-2H3,(H3,27,28,29,30,31). The van der Waals surface area contributed by atoms with Crippen LogP contribution in [0.15, 0.2) is 24.3 Å². The number of piperidine rings is 1. The van der Waals surface area contributed by atoms with Crippen LogP contribution in [0, 0.1) is 25.2 Å². The molecule has 1 aliphatic rings. The van der Waals surface area contributed by atoms with Crippen LogP contribution in [0.1, 0.15) is 47.2 Å². The highest BCUT2D eigenvalue weighted by atomic mass is 19.3. The Hall–Kier alpha value is -3.38. The molecule has 166 valence electrons. The van der Waals surface area contributed by atoms with E-state index < -0.39 is 6.43 Å². The van der Waals surface area contributed by atoms with Crippen LogP contribution < -0.4 is 11.1 Å². The van der Waals surface area contributed by atoms with Gasteiger partial charge in [-0.2, -0.15) is 15.2 Å². The number of alkyl halides is 2. The smallest absolute Gasteiger partial charge is 0.264 e. The molecule has 0 unspecified atom stereocenters. The molecule has 3 aromatic rings. The Morgan fingerprint density at radius 1 is 1.19 bits per heavy atom. The van der Waals surface area contributed by atoms with E-state index in [-0.39, 0.29) is 17.2 Å². The summed E-state index contributed by atoms with van der Waals surface area (Å²) in [5, 5.41) is 13.1. The number of halogens is 2. The molecule has 0 aliphatic carbocycles. The van der Waals surface area contributed by atoms with E-state index in [1.807, 2.05) is 26.0 Å². The zero-order valence-electron chi connectivity index (χ0n) is 18.1. The van der Waals surface area contributed by atoms with Crippen molar-refractivity contribution in [1.29, 1.82) is 5.26 Å². The third-order valence-electron chi connectivity index (χ3n) is 5.84. The van der Waals surface area contributed by atoms with Crippen LogP contribution in [0.5, 0.6) is 0 Å². The molecule has 9 heteroatoms. The summed E-state index contributed by atoms with van der Waals surface area (Å²) in [4.78, 5) is 15.6. The minimum Gasteiger partial charge on any atom is -0.383 e. The van der Waals surface area contributed by atoms with Crippen LogP contribution in [0.25, 0.3) is 11.0 Å². The maximum atomic E-state index is 13.4. The van der Waals surface area contributed by atoms with Gasteiger partial charge in [0.05, 0.1) is 17.0 Å². The molecule has 7 nitrogen and oxygen atoms in total. The van der Waals surface area contributed by atoms with Gasteiger partial charge in [-0.3, -0.25) is 4.90 Å². The first-order valence-corrected chi connectivity index (χ1v) is 10.6. The number of hydrogen-bond donors (Lipinski definition) is 2. The predicted molar refractivity (Wildman–Crippen MR) is 119 cm³/mol. The normalized spacial score (nSPS) is 15.2. The van der Waals surface area contributed by atoms with Crippen LogP contribution >= 0.6 is 0 Å². The van der Waals surface area contributed by atoms with Crippen molar-refractivity contribution < 1.29 is 8.78 Å². The molecule has 1 fully saturated rings. The van der Waals surface area contributed by atoms with Gasteiger partial charge in [0.2, 0.25) is 5.95 Å². The molecule has 4 rings (SSSR count). The highest BCUT2D eigenvalue weighted by molar-refractivity contribution is 5.89. The van der Waals surface area contributed by atoms with Crippen molar-refractivity contribution in [3.8, 4) is 6.07 Å². The lowest BCUT2D eigenvalue weighted by Crippen LogP contribution is -2.39. The lowest BCUT2D eigenvalue weighted by Gasteiger charge is -2.32. The quantitative estimate of drug-likeness (QED) is 0.619. The Balaban J connectivity index is 1.41. The maximum Gasteiger partial charge on any atom is 0.264 e. The molecule has 0 atom stereocenters. The van der Waals surface area contributed by atoms with Crippen LogP contribution in [-0.2, 0) is 6.54 Å². The maximum absolute atomic E-state index is 13.4. The molecule has 0 saturated carbocycles. The molecule has 0 radical (unpaired) electrons. The zero-order chi connectivity index (χ0) is 22.8. The number of pyridine rings is 1. The fourth-order valence-corrected chi connectivity index (χ4v) is 4.24. The first-order valence-electron chi connectivity index (χ1n) is 10.6. The van der Waals surface area contributed by atoms with Gasteiger partial charge < -0.3 is 11.1 Å². The molecule has 1 aromatic carbocycles. The number of nitrogens with two attached hydrogens (primary N) is 1. The SMILES string of the molecule is Cc1cc(C)c2c(N)nc(NC3CCN(Cc4ccc(C#N)cc4C(F)F)CC3)nc2n1. The Morgan fingerprint density at radius 2 is 1.94 bits per heavy atom. The zero-order valence-corrected chi connectivity index (χ0v) is 18.1. The van der Waals surface area contributed by atoms with E-state index in [9.17, 15) is 8.78 Å². The second-order valence-electron chi connectivity index (χ2n) is 8.23. The second kappa shape index (κ2) is 9.01. The molecular weight excluding hydrogens is 412 g/mol. The third-order valence-corrected chi connectivity index (χ3v) is 5.84. The molecular formula is C23H25F2N7. The van der Waals surface area contributed by atoms with Gasteiger partial charge in [-0.15, -0.1) is 0 Å². The highest BCUT2D eigenvalue weighted by Crippen LogP contribution is 2.27. The summed E-state index contributed by atoms with van der Waals surface area (Å²) in [6.45, 7) is 5.81. The van der Waals surface area contributed by atoms with Gasteiger partial charge in [-0.1, -0.05) is 6.07 Å². The van der Waals surface area contributed by atoms with Crippen molar-refractivity contribution in [1.82, 2.24) is 19.9 Å². The molecule has 0 bridgehead atoms. The number of nitriles is 1. The summed E-state index contributed by atoms with van der Waals surface area (Å²) in [6.07, 6.45) is -0.960. The summed E-state index contributed by atoms with van der Waals surface area (Å²) in [6, 6.07) is 8.54. The number of nitrogens with zero attached hydrogens (tertiary/aromatic N) is 5. The van der Waals surface area contributed by atoms with Gasteiger partial charge in [-0.05, 0) is 56.0 Å². The van der Waals surface area contributed by atoms with Gasteiger partial charge in [0, 0.05) is 36.9 Å². The first kappa shape index (κ1) is 21.8. The number of aryl methyl sites for hydroxylation is 2. The minimum absolute atomic E-state index is 0.0672. The average Bonchev–Trinajstić information content (AvgIpc) is 2.74. The Kier molecular flexibility index (Phi) is 6.15. The molecule has 0 spiro atoms. The predicted octanol–water partition coefficient (Wildman–Crippen LogP) is 4.11.